The molecule has 1 aliphatic rings. The molecule has 0 N–H and O–H groups in total. The standard InChI is InChI=1S/C11H8O4/c1-6-2-7-3-9-11(14-5-13-9)8(4-12)10(7)15-6/h2-4H,5H2,1H3. The third-order valence-corrected chi connectivity index (χ3v) is 2.42. The Kier molecular flexibility index (Phi) is 1.54. The minimum atomic E-state index is 0.155. The number of fused-ring (bicyclic) bond motifs is 2. The number of furan rings is 1. The van der Waals surface area contributed by atoms with Crippen LogP contribution in [0.5, 0.6) is 11.5 Å². The van der Waals surface area contributed by atoms with Gasteiger partial charge < -0.3 is 13.9 Å². The van der Waals surface area contributed by atoms with Gasteiger partial charge in [-0.2, -0.15) is 0 Å². The summed E-state index contributed by atoms with van der Waals surface area (Å²) < 4.78 is 15.9. The van der Waals surface area contributed by atoms with E-state index in [9.17, 15) is 4.79 Å². The van der Waals surface area contributed by atoms with Gasteiger partial charge in [0.2, 0.25) is 6.79 Å². The number of carbonyl (C=O) groups excluding carboxylic acids is 1. The topological polar surface area (TPSA) is 48.7 Å². The summed E-state index contributed by atoms with van der Waals surface area (Å²) in [5.74, 6) is 1.84. The number of hydrogen-bond donors (Lipinski definition) is 0. The fraction of sp³-hybridized carbons (Fsp3) is 0.182. The quantitative estimate of drug-likeness (QED) is 0.668. The zero-order valence-corrected chi connectivity index (χ0v) is 8.07. The lowest BCUT2D eigenvalue weighted by molar-refractivity contribution is 0.111. The number of rotatable bonds is 1. The van der Waals surface area contributed by atoms with Gasteiger partial charge in [-0.25, -0.2) is 0 Å². The Hall–Kier alpha value is -1.97. The molecule has 1 aromatic heterocycles. The molecule has 0 fully saturated rings. The highest BCUT2D eigenvalue weighted by Crippen LogP contribution is 2.40. The number of aldehydes is 1. The van der Waals surface area contributed by atoms with E-state index in [0.717, 1.165) is 17.4 Å². The largest absolute Gasteiger partial charge is 0.460 e. The summed E-state index contributed by atoms with van der Waals surface area (Å²) in [6.07, 6.45) is 0.735. The Morgan fingerprint density at radius 3 is 3.00 bits per heavy atom. The summed E-state index contributed by atoms with van der Waals surface area (Å²) in [7, 11) is 0. The molecule has 0 spiro atoms. The lowest BCUT2D eigenvalue weighted by atomic mass is 10.1. The fourth-order valence-electron chi connectivity index (χ4n) is 1.81. The van der Waals surface area contributed by atoms with Crippen LogP contribution in [0.2, 0.25) is 0 Å². The summed E-state index contributed by atoms with van der Waals surface area (Å²) in [5.41, 5.74) is 0.986. The Morgan fingerprint density at radius 2 is 2.20 bits per heavy atom. The molecule has 3 rings (SSSR count). The molecule has 0 atom stereocenters. The van der Waals surface area contributed by atoms with Crippen LogP contribution in [0.15, 0.2) is 16.5 Å². The van der Waals surface area contributed by atoms with Gasteiger partial charge in [-0.1, -0.05) is 0 Å². The minimum Gasteiger partial charge on any atom is -0.460 e. The molecule has 0 saturated heterocycles. The Bertz CT molecular complexity index is 553. The molecule has 0 amide bonds. The van der Waals surface area contributed by atoms with E-state index < -0.39 is 0 Å². The molecule has 1 aromatic carbocycles. The van der Waals surface area contributed by atoms with E-state index in [1.807, 2.05) is 19.1 Å². The van der Waals surface area contributed by atoms with Crippen LogP contribution in [0.1, 0.15) is 16.1 Å². The monoisotopic (exact) mass is 204 g/mol. The van der Waals surface area contributed by atoms with E-state index in [4.69, 9.17) is 13.9 Å². The van der Waals surface area contributed by atoms with Crippen molar-refractivity contribution in [2.24, 2.45) is 0 Å². The Balaban J connectivity index is 2.44. The van der Waals surface area contributed by atoms with Crippen molar-refractivity contribution in [1.29, 1.82) is 0 Å². The molecular formula is C11H8O4. The second kappa shape index (κ2) is 2.76. The van der Waals surface area contributed by atoms with Crippen LogP contribution in [0.25, 0.3) is 11.0 Å². The van der Waals surface area contributed by atoms with Crippen LogP contribution in [-0.4, -0.2) is 13.1 Å². The number of benzene rings is 1. The van der Waals surface area contributed by atoms with E-state index in [1.165, 1.54) is 0 Å². The number of hydrogen-bond acceptors (Lipinski definition) is 4. The van der Waals surface area contributed by atoms with Crippen LogP contribution in [-0.2, 0) is 0 Å². The van der Waals surface area contributed by atoms with Gasteiger partial charge in [-0.3, -0.25) is 4.79 Å². The smallest absolute Gasteiger partial charge is 0.231 e. The van der Waals surface area contributed by atoms with Crippen LogP contribution >= 0.6 is 0 Å². The van der Waals surface area contributed by atoms with Gasteiger partial charge >= 0.3 is 0 Å². The van der Waals surface area contributed by atoms with E-state index in [0.29, 0.717) is 22.6 Å². The molecule has 0 unspecified atom stereocenters. The Morgan fingerprint density at radius 1 is 1.33 bits per heavy atom. The summed E-state index contributed by atoms with van der Waals surface area (Å²) >= 11 is 0. The van der Waals surface area contributed by atoms with Crippen molar-refractivity contribution >= 4 is 17.3 Å². The average molecular weight is 204 g/mol. The third kappa shape index (κ3) is 1.05. The van der Waals surface area contributed by atoms with Gasteiger partial charge in [0.25, 0.3) is 0 Å². The summed E-state index contributed by atoms with van der Waals surface area (Å²) in [6.45, 7) is 1.99. The van der Waals surface area contributed by atoms with Crippen LogP contribution in [0.4, 0.5) is 0 Å². The van der Waals surface area contributed by atoms with E-state index in [-0.39, 0.29) is 6.79 Å². The van der Waals surface area contributed by atoms with Crippen LogP contribution in [0, 0.1) is 6.92 Å². The minimum absolute atomic E-state index is 0.155. The van der Waals surface area contributed by atoms with Gasteiger partial charge in [0, 0.05) is 5.39 Å². The molecular weight excluding hydrogens is 196 g/mol. The molecule has 0 saturated carbocycles. The second-order valence-electron chi connectivity index (χ2n) is 3.42. The summed E-state index contributed by atoms with van der Waals surface area (Å²) in [5, 5.41) is 0.860. The van der Waals surface area contributed by atoms with Crippen molar-refractivity contribution in [3.63, 3.8) is 0 Å². The number of aryl methyl sites for hydroxylation is 1. The van der Waals surface area contributed by atoms with E-state index in [2.05, 4.69) is 0 Å². The van der Waals surface area contributed by atoms with Gasteiger partial charge in [-0.05, 0) is 19.1 Å². The van der Waals surface area contributed by atoms with Crippen molar-refractivity contribution in [3.8, 4) is 11.5 Å². The van der Waals surface area contributed by atoms with Crippen molar-refractivity contribution in [1.82, 2.24) is 0 Å². The lowest BCUT2D eigenvalue weighted by Crippen LogP contribution is -1.94. The van der Waals surface area contributed by atoms with Gasteiger partial charge in [-0.15, -0.1) is 0 Å². The Labute approximate surface area is 85.4 Å². The zero-order chi connectivity index (χ0) is 10.4. The zero-order valence-electron chi connectivity index (χ0n) is 8.07. The van der Waals surface area contributed by atoms with Crippen molar-refractivity contribution in [2.45, 2.75) is 6.92 Å². The number of ether oxygens (including phenoxy) is 2. The van der Waals surface area contributed by atoms with Gasteiger partial charge in [0.05, 0.1) is 0 Å². The predicted molar refractivity (Wildman–Crippen MR) is 52.5 cm³/mol. The maximum absolute atomic E-state index is 11.0. The normalized spacial score (nSPS) is 13.4. The van der Waals surface area contributed by atoms with Crippen LogP contribution in [0.3, 0.4) is 0 Å². The summed E-state index contributed by atoms with van der Waals surface area (Å²) in [4.78, 5) is 11.0. The highest BCUT2D eigenvalue weighted by atomic mass is 16.7. The molecule has 4 nitrogen and oxygen atoms in total. The summed E-state index contributed by atoms with van der Waals surface area (Å²) in [6, 6.07) is 3.69. The maximum atomic E-state index is 11.0. The average Bonchev–Trinajstić information content (AvgIpc) is 2.78. The fourth-order valence-corrected chi connectivity index (χ4v) is 1.81. The number of carbonyl (C=O) groups is 1. The van der Waals surface area contributed by atoms with Gasteiger partial charge in [0.15, 0.2) is 17.8 Å². The van der Waals surface area contributed by atoms with Crippen molar-refractivity contribution < 1.29 is 18.7 Å². The predicted octanol–water partition coefficient (Wildman–Crippen LogP) is 2.28. The van der Waals surface area contributed by atoms with Gasteiger partial charge in [0.1, 0.15) is 16.9 Å². The first-order valence-electron chi connectivity index (χ1n) is 4.57. The first-order valence-corrected chi connectivity index (χ1v) is 4.57. The molecule has 0 bridgehead atoms. The first kappa shape index (κ1) is 8.35. The molecule has 76 valence electrons. The second-order valence-corrected chi connectivity index (χ2v) is 3.42. The third-order valence-electron chi connectivity index (χ3n) is 2.42. The van der Waals surface area contributed by atoms with Crippen LogP contribution < -0.4 is 9.47 Å². The van der Waals surface area contributed by atoms with E-state index in [1.54, 1.807) is 0 Å². The molecule has 4 heteroatoms. The molecule has 2 aromatic rings. The molecule has 2 heterocycles. The van der Waals surface area contributed by atoms with E-state index >= 15 is 0 Å². The van der Waals surface area contributed by atoms with Crippen molar-refractivity contribution in [2.75, 3.05) is 6.79 Å². The highest BCUT2D eigenvalue weighted by molar-refractivity contribution is 5.99. The van der Waals surface area contributed by atoms with Crippen molar-refractivity contribution in [3.05, 3.63) is 23.5 Å². The molecule has 0 radical (unpaired) electrons. The molecule has 0 aliphatic carbocycles. The first-order chi connectivity index (χ1) is 7.29. The SMILES string of the molecule is Cc1cc2cc3c(c(C=O)c2o1)OCO3. The maximum Gasteiger partial charge on any atom is 0.231 e. The highest BCUT2D eigenvalue weighted by Gasteiger charge is 2.22. The molecule has 15 heavy (non-hydrogen) atoms. The molecule has 1 aliphatic heterocycles. The lowest BCUT2D eigenvalue weighted by Gasteiger charge is -1.99.